The number of amides is 1. The van der Waals surface area contributed by atoms with E-state index in [4.69, 9.17) is 10.5 Å². The molecule has 0 aliphatic heterocycles. The number of ether oxygens (including phenoxy) is 1. The van der Waals surface area contributed by atoms with E-state index >= 15 is 0 Å². The number of hydrogen-bond acceptors (Lipinski definition) is 3. The molecule has 0 aliphatic carbocycles. The van der Waals surface area contributed by atoms with Gasteiger partial charge in [0, 0.05) is 11.3 Å². The van der Waals surface area contributed by atoms with Crippen molar-refractivity contribution < 1.29 is 9.53 Å². The van der Waals surface area contributed by atoms with Gasteiger partial charge in [-0.2, -0.15) is 0 Å². The second-order valence-electron chi connectivity index (χ2n) is 5.45. The Bertz CT molecular complexity index is 651. The normalized spacial score (nSPS) is 11.8. The first kappa shape index (κ1) is 15.9. The maximum Gasteiger partial charge on any atom is 0.224 e. The van der Waals surface area contributed by atoms with Crippen molar-refractivity contribution in [2.75, 3.05) is 12.8 Å². The van der Waals surface area contributed by atoms with Crippen LogP contribution in [-0.2, 0) is 11.2 Å². The van der Waals surface area contributed by atoms with E-state index in [1.165, 1.54) is 0 Å². The van der Waals surface area contributed by atoms with Gasteiger partial charge in [0.2, 0.25) is 5.91 Å². The molecule has 2 aromatic carbocycles. The molecule has 4 heteroatoms. The summed E-state index contributed by atoms with van der Waals surface area (Å²) in [5, 5.41) is 3.01. The Balaban J connectivity index is 2.05. The third-order valence-electron chi connectivity index (χ3n) is 3.57. The zero-order chi connectivity index (χ0) is 16.1. The van der Waals surface area contributed by atoms with Gasteiger partial charge in [0.05, 0.1) is 19.6 Å². The smallest absolute Gasteiger partial charge is 0.224 e. The largest absolute Gasteiger partial charge is 0.496 e. The van der Waals surface area contributed by atoms with Gasteiger partial charge in [-0.15, -0.1) is 0 Å². The molecule has 0 spiro atoms. The zero-order valence-electron chi connectivity index (χ0n) is 13.2. The second-order valence-corrected chi connectivity index (χ2v) is 5.45. The van der Waals surface area contributed by atoms with Crippen molar-refractivity contribution in [2.45, 2.75) is 26.3 Å². The molecule has 22 heavy (non-hydrogen) atoms. The Morgan fingerprint density at radius 2 is 1.91 bits per heavy atom. The maximum atomic E-state index is 12.2. The molecule has 1 atom stereocenters. The van der Waals surface area contributed by atoms with E-state index in [2.05, 4.69) is 5.32 Å². The van der Waals surface area contributed by atoms with Gasteiger partial charge in [0.1, 0.15) is 5.75 Å². The van der Waals surface area contributed by atoms with Gasteiger partial charge in [-0.1, -0.05) is 29.8 Å². The van der Waals surface area contributed by atoms with Gasteiger partial charge in [0.15, 0.2) is 0 Å². The van der Waals surface area contributed by atoms with Crippen LogP contribution in [0.5, 0.6) is 5.75 Å². The van der Waals surface area contributed by atoms with E-state index < -0.39 is 0 Å². The number of benzene rings is 2. The minimum Gasteiger partial charge on any atom is -0.496 e. The molecule has 116 valence electrons. The van der Waals surface area contributed by atoms with Crippen LogP contribution in [0.3, 0.4) is 0 Å². The van der Waals surface area contributed by atoms with Crippen LogP contribution in [0.15, 0.2) is 42.5 Å². The fourth-order valence-electron chi connectivity index (χ4n) is 2.38. The van der Waals surface area contributed by atoms with Crippen molar-refractivity contribution in [1.29, 1.82) is 0 Å². The maximum absolute atomic E-state index is 12.2. The molecule has 1 unspecified atom stereocenters. The highest BCUT2D eigenvalue weighted by Gasteiger charge is 2.14. The number of carbonyl (C=O) groups excluding carboxylic acids is 1. The molecular weight excluding hydrogens is 276 g/mol. The Labute approximate surface area is 131 Å². The van der Waals surface area contributed by atoms with Gasteiger partial charge in [-0.05, 0) is 37.6 Å². The van der Waals surface area contributed by atoms with Crippen LogP contribution in [0.2, 0.25) is 0 Å². The number of anilines is 1. The van der Waals surface area contributed by atoms with E-state index in [1.807, 2.05) is 44.2 Å². The van der Waals surface area contributed by atoms with Crippen LogP contribution in [0.25, 0.3) is 0 Å². The summed E-state index contributed by atoms with van der Waals surface area (Å²) < 4.78 is 5.37. The first-order valence-corrected chi connectivity index (χ1v) is 7.28. The monoisotopic (exact) mass is 298 g/mol. The number of hydrogen-bond donors (Lipinski definition) is 2. The number of nitrogens with one attached hydrogen (secondary N) is 1. The van der Waals surface area contributed by atoms with Crippen LogP contribution in [-0.4, -0.2) is 13.0 Å². The molecule has 2 rings (SSSR count). The standard InChI is InChI=1S/C18H22N2O2/c1-12-4-9-17(22-3)16(10-12)13(2)20-18(21)11-14-5-7-15(19)8-6-14/h4-10,13H,11,19H2,1-3H3,(H,20,21). The van der Waals surface area contributed by atoms with Gasteiger partial charge in [-0.25, -0.2) is 0 Å². The molecule has 0 saturated heterocycles. The average molecular weight is 298 g/mol. The predicted molar refractivity (Wildman–Crippen MR) is 88.8 cm³/mol. The number of carbonyl (C=O) groups is 1. The van der Waals surface area contributed by atoms with Crippen molar-refractivity contribution in [3.63, 3.8) is 0 Å². The number of aryl methyl sites for hydroxylation is 1. The molecule has 4 nitrogen and oxygen atoms in total. The van der Waals surface area contributed by atoms with Gasteiger partial charge >= 0.3 is 0 Å². The SMILES string of the molecule is COc1ccc(C)cc1C(C)NC(=O)Cc1ccc(N)cc1. The highest BCUT2D eigenvalue weighted by molar-refractivity contribution is 5.79. The molecule has 2 aromatic rings. The number of nitrogen functional groups attached to an aromatic ring is 1. The van der Waals surface area contributed by atoms with E-state index in [0.29, 0.717) is 12.1 Å². The quantitative estimate of drug-likeness (QED) is 0.834. The van der Waals surface area contributed by atoms with Crippen LogP contribution >= 0.6 is 0 Å². The van der Waals surface area contributed by atoms with Crippen molar-refractivity contribution in [3.8, 4) is 5.75 Å². The Hall–Kier alpha value is -2.49. The summed E-state index contributed by atoms with van der Waals surface area (Å²) >= 11 is 0. The van der Waals surface area contributed by atoms with Crippen LogP contribution in [0, 0.1) is 6.92 Å². The topological polar surface area (TPSA) is 64.3 Å². The molecule has 1 amide bonds. The van der Waals surface area contributed by atoms with Crippen LogP contribution in [0.1, 0.15) is 29.7 Å². The summed E-state index contributed by atoms with van der Waals surface area (Å²) in [6, 6.07) is 13.2. The first-order chi connectivity index (χ1) is 10.5. The van der Waals surface area contributed by atoms with Crippen molar-refractivity contribution >= 4 is 11.6 Å². The lowest BCUT2D eigenvalue weighted by molar-refractivity contribution is -0.121. The fourth-order valence-corrected chi connectivity index (χ4v) is 2.38. The molecule has 0 bridgehead atoms. The van der Waals surface area contributed by atoms with Gasteiger partial charge in [-0.3, -0.25) is 4.79 Å². The molecule has 0 radical (unpaired) electrons. The lowest BCUT2D eigenvalue weighted by atomic mass is 10.0. The lowest BCUT2D eigenvalue weighted by Gasteiger charge is -2.18. The third-order valence-corrected chi connectivity index (χ3v) is 3.57. The summed E-state index contributed by atoms with van der Waals surface area (Å²) in [7, 11) is 1.64. The van der Waals surface area contributed by atoms with Crippen LogP contribution in [0.4, 0.5) is 5.69 Å². The highest BCUT2D eigenvalue weighted by Crippen LogP contribution is 2.26. The Morgan fingerprint density at radius 1 is 1.23 bits per heavy atom. The predicted octanol–water partition coefficient (Wildman–Crippen LogP) is 3.01. The van der Waals surface area contributed by atoms with Gasteiger partial charge < -0.3 is 15.8 Å². The van der Waals surface area contributed by atoms with Crippen molar-refractivity contribution in [3.05, 3.63) is 59.2 Å². The minimum atomic E-state index is -0.115. The zero-order valence-corrected chi connectivity index (χ0v) is 13.2. The molecular formula is C18H22N2O2. The molecule has 0 aliphatic rings. The van der Waals surface area contributed by atoms with Crippen molar-refractivity contribution in [1.82, 2.24) is 5.32 Å². The summed E-state index contributed by atoms with van der Waals surface area (Å²) in [6.07, 6.45) is 0.332. The summed E-state index contributed by atoms with van der Waals surface area (Å²) in [5.74, 6) is 0.756. The second kappa shape index (κ2) is 6.98. The van der Waals surface area contributed by atoms with E-state index in [0.717, 1.165) is 22.4 Å². The summed E-state index contributed by atoms with van der Waals surface area (Å²) in [6.45, 7) is 3.98. The fraction of sp³-hybridized carbons (Fsp3) is 0.278. The summed E-state index contributed by atoms with van der Waals surface area (Å²) in [5.41, 5.74) is 9.40. The van der Waals surface area contributed by atoms with Crippen molar-refractivity contribution in [2.24, 2.45) is 0 Å². The number of rotatable bonds is 5. The number of nitrogens with two attached hydrogens (primary N) is 1. The first-order valence-electron chi connectivity index (χ1n) is 7.28. The molecule has 0 saturated carbocycles. The molecule has 0 fully saturated rings. The Kier molecular flexibility index (Phi) is 5.04. The molecule has 3 N–H and O–H groups in total. The highest BCUT2D eigenvalue weighted by atomic mass is 16.5. The molecule has 0 aromatic heterocycles. The average Bonchev–Trinajstić information content (AvgIpc) is 2.49. The van der Waals surface area contributed by atoms with E-state index in [-0.39, 0.29) is 11.9 Å². The van der Waals surface area contributed by atoms with Crippen LogP contribution < -0.4 is 15.8 Å². The van der Waals surface area contributed by atoms with Gasteiger partial charge in [0.25, 0.3) is 0 Å². The third kappa shape index (κ3) is 4.01. The number of methoxy groups -OCH3 is 1. The minimum absolute atomic E-state index is 0.0270. The summed E-state index contributed by atoms with van der Waals surface area (Å²) in [4.78, 5) is 12.2. The van der Waals surface area contributed by atoms with E-state index in [9.17, 15) is 4.79 Å². The Morgan fingerprint density at radius 3 is 2.55 bits per heavy atom. The lowest BCUT2D eigenvalue weighted by Crippen LogP contribution is -2.28. The van der Waals surface area contributed by atoms with E-state index in [1.54, 1.807) is 19.2 Å². The molecule has 0 heterocycles.